The van der Waals surface area contributed by atoms with Crippen molar-refractivity contribution in [2.24, 2.45) is 0 Å². The van der Waals surface area contributed by atoms with Crippen LogP contribution in [0.4, 0.5) is 0 Å². The van der Waals surface area contributed by atoms with Crippen LogP contribution < -0.4 is 0 Å². The molecule has 0 bridgehead atoms. The number of allylic oxidation sites excluding steroid dienone is 1. The average Bonchev–Trinajstić information content (AvgIpc) is 2.77. The fraction of sp³-hybridized carbons (Fsp3) is 0.556. The van der Waals surface area contributed by atoms with E-state index < -0.39 is 0 Å². The summed E-state index contributed by atoms with van der Waals surface area (Å²) in [4.78, 5) is 0. The van der Waals surface area contributed by atoms with Gasteiger partial charge in [0, 0.05) is 5.92 Å². The third-order valence-corrected chi connectivity index (χ3v) is 4.45. The summed E-state index contributed by atoms with van der Waals surface area (Å²) in [6.07, 6.45) is 9.45. The summed E-state index contributed by atoms with van der Waals surface area (Å²) in [6.45, 7) is 11.6. The Morgan fingerprint density at radius 2 is 1.28 bits per heavy atom. The Hall–Kier alpha value is -1.04. The molecule has 1 unspecified atom stereocenters. The van der Waals surface area contributed by atoms with Crippen molar-refractivity contribution in [3.63, 3.8) is 0 Å². The zero-order valence-electron chi connectivity index (χ0n) is 12.6. The molecule has 0 saturated carbocycles. The SMILES string of the molecule is CCc1c2c(c(CC)c(CC)c1CC)C(C)C=C2. The first kappa shape index (κ1) is 13.4. The van der Waals surface area contributed by atoms with Crippen LogP contribution in [0.1, 0.15) is 73.9 Å². The first-order chi connectivity index (χ1) is 8.69. The van der Waals surface area contributed by atoms with Crippen molar-refractivity contribution in [2.45, 2.75) is 66.2 Å². The molecule has 0 nitrogen and oxygen atoms in total. The van der Waals surface area contributed by atoms with Gasteiger partial charge in [-0.05, 0) is 59.1 Å². The van der Waals surface area contributed by atoms with E-state index >= 15 is 0 Å². The maximum Gasteiger partial charge on any atom is 0.000177 e. The van der Waals surface area contributed by atoms with Crippen LogP contribution in [0, 0.1) is 0 Å². The van der Waals surface area contributed by atoms with E-state index in [4.69, 9.17) is 0 Å². The second kappa shape index (κ2) is 5.30. The molecule has 0 fully saturated rings. The molecule has 0 radical (unpaired) electrons. The molecule has 0 amide bonds. The third-order valence-electron chi connectivity index (χ3n) is 4.45. The Morgan fingerprint density at radius 3 is 1.78 bits per heavy atom. The summed E-state index contributed by atoms with van der Waals surface area (Å²) in [6, 6.07) is 0. The minimum atomic E-state index is 0.608. The summed E-state index contributed by atoms with van der Waals surface area (Å²) in [5, 5.41) is 0. The molecule has 0 spiro atoms. The van der Waals surface area contributed by atoms with Gasteiger partial charge >= 0.3 is 0 Å². The standard InChI is InChI=1S/C18H26/c1-6-13-14(7-2)16(9-4)18-12(5)10-11-17(18)15(13)8-3/h10-12H,6-9H2,1-5H3. The van der Waals surface area contributed by atoms with Crippen LogP contribution in [0.5, 0.6) is 0 Å². The van der Waals surface area contributed by atoms with Crippen LogP contribution in [0.25, 0.3) is 6.08 Å². The molecule has 2 rings (SSSR count). The van der Waals surface area contributed by atoms with Gasteiger partial charge in [0.2, 0.25) is 0 Å². The Balaban J connectivity index is 2.81. The largest absolute Gasteiger partial charge is 0.0766 e. The van der Waals surface area contributed by atoms with Gasteiger partial charge in [0.1, 0.15) is 0 Å². The molecule has 0 heteroatoms. The fourth-order valence-electron chi connectivity index (χ4n) is 3.72. The smallest absolute Gasteiger partial charge is 0.000177 e. The molecule has 0 saturated heterocycles. The zero-order valence-corrected chi connectivity index (χ0v) is 12.6. The molecule has 0 heterocycles. The van der Waals surface area contributed by atoms with Crippen molar-refractivity contribution < 1.29 is 0 Å². The highest BCUT2D eigenvalue weighted by atomic mass is 14.3. The van der Waals surface area contributed by atoms with Gasteiger partial charge in [-0.25, -0.2) is 0 Å². The summed E-state index contributed by atoms with van der Waals surface area (Å²) in [5.41, 5.74) is 9.71. The number of rotatable bonds is 4. The quantitative estimate of drug-likeness (QED) is 0.691. The average molecular weight is 242 g/mol. The van der Waals surface area contributed by atoms with Crippen LogP contribution in [-0.4, -0.2) is 0 Å². The van der Waals surface area contributed by atoms with Gasteiger partial charge in [-0.2, -0.15) is 0 Å². The molecular weight excluding hydrogens is 216 g/mol. The number of benzene rings is 1. The van der Waals surface area contributed by atoms with Crippen molar-refractivity contribution in [1.82, 2.24) is 0 Å². The minimum absolute atomic E-state index is 0.608. The van der Waals surface area contributed by atoms with Crippen molar-refractivity contribution in [3.05, 3.63) is 39.5 Å². The summed E-state index contributed by atoms with van der Waals surface area (Å²) in [7, 11) is 0. The predicted octanol–water partition coefficient (Wildman–Crippen LogP) is 5.07. The van der Waals surface area contributed by atoms with E-state index in [2.05, 4.69) is 46.8 Å². The lowest BCUT2D eigenvalue weighted by Gasteiger charge is -2.23. The van der Waals surface area contributed by atoms with Gasteiger partial charge in [-0.15, -0.1) is 0 Å². The van der Waals surface area contributed by atoms with Gasteiger partial charge < -0.3 is 0 Å². The second-order valence-corrected chi connectivity index (χ2v) is 5.30. The normalized spacial score (nSPS) is 17.3. The van der Waals surface area contributed by atoms with E-state index in [0.29, 0.717) is 5.92 Å². The van der Waals surface area contributed by atoms with E-state index in [-0.39, 0.29) is 0 Å². The van der Waals surface area contributed by atoms with Crippen LogP contribution >= 0.6 is 0 Å². The summed E-state index contributed by atoms with van der Waals surface area (Å²) < 4.78 is 0. The highest BCUT2D eigenvalue weighted by Gasteiger charge is 2.24. The fourth-order valence-corrected chi connectivity index (χ4v) is 3.72. The van der Waals surface area contributed by atoms with E-state index in [1.54, 1.807) is 33.4 Å². The molecule has 1 aromatic carbocycles. The van der Waals surface area contributed by atoms with Crippen molar-refractivity contribution >= 4 is 6.08 Å². The van der Waals surface area contributed by atoms with E-state index in [0.717, 1.165) is 0 Å². The highest BCUT2D eigenvalue weighted by molar-refractivity contribution is 5.71. The molecule has 0 N–H and O–H groups in total. The number of hydrogen-bond acceptors (Lipinski definition) is 0. The Morgan fingerprint density at radius 1 is 0.778 bits per heavy atom. The number of fused-ring (bicyclic) bond motifs is 1. The molecule has 98 valence electrons. The van der Waals surface area contributed by atoms with Crippen molar-refractivity contribution in [2.75, 3.05) is 0 Å². The van der Waals surface area contributed by atoms with Crippen LogP contribution in [0.15, 0.2) is 6.08 Å². The highest BCUT2D eigenvalue weighted by Crippen LogP contribution is 2.40. The maximum atomic E-state index is 2.38. The Bertz CT molecular complexity index is 478. The summed E-state index contributed by atoms with van der Waals surface area (Å²) in [5.74, 6) is 0.608. The monoisotopic (exact) mass is 242 g/mol. The van der Waals surface area contributed by atoms with Gasteiger partial charge in [0.05, 0.1) is 0 Å². The van der Waals surface area contributed by atoms with Gasteiger partial charge in [-0.1, -0.05) is 46.8 Å². The first-order valence-corrected chi connectivity index (χ1v) is 7.56. The molecule has 0 aromatic heterocycles. The molecule has 1 aromatic rings. The Kier molecular flexibility index (Phi) is 3.94. The molecule has 1 atom stereocenters. The zero-order chi connectivity index (χ0) is 13.3. The molecule has 0 aliphatic heterocycles. The molecular formula is C18H26. The van der Waals surface area contributed by atoms with Crippen LogP contribution in [-0.2, 0) is 25.7 Å². The third kappa shape index (κ3) is 1.83. The lowest BCUT2D eigenvalue weighted by molar-refractivity contribution is 0.885. The van der Waals surface area contributed by atoms with E-state index in [9.17, 15) is 0 Å². The summed E-state index contributed by atoms with van der Waals surface area (Å²) >= 11 is 0. The topological polar surface area (TPSA) is 0 Å². The van der Waals surface area contributed by atoms with E-state index in [1.165, 1.54) is 25.7 Å². The molecule has 18 heavy (non-hydrogen) atoms. The van der Waals surface area contributed by atoms with Crippen molar-refractivity contribution in [3.8, 4) is 0 Å². The van der Waals surface area contributed by atoms with Gasteiger partial charge in [0.15, 0.2) is 0 Å². The second-order valence-electron chi connectivity index (χ2n) is 5.30. The predicted molar refractivity (Wildman–Crippen MR) is 81.4 cm³/mol. The van der Waals surface area contributed by atoms with Gasteiger partial charge in [0.25, 0.3) is 0 Å². The number of hydrogen-bond donors (Lipinski definition) is 0. The van der Waals surface area contributed by atoms with Crippen molar-refractivity contribution in [1.29, 1.82) is 0 Å². The minimum Gasteiger partial charge on any atom is -0.0766 e. The van der Waals surface area contributed by atoms with Gasteiger partial charge in [-0.3, -0.25) is 0 Å². The lowest BCUT2D eigenvalue weighted by atomic mass is 9.81. The maximum absolute atomic E-state index is 2.38. The molecule has 1 aliphatic carbocycles. The Labute approximate surface area is 112 Å². The first-order valence-electron chi connectivity index (χ1n) is 7.56. The molecule has 1 aliphatic rings. The van der Waals surface area contributed by atoms with Crippen LogP contribution in [0.2, 0.25) is 0 Å². The van der Waals surface area contributed by atoms with E-state index in [1.807, 2.05) is 0 Å². The van der Waals surface area contributed by atoms with Crippen LogP contribution in [0.3, 0.4) is 0 Å². The lowest BCUT2D eigenvalue weighted by Crippen LogP contribution is -2.09.